The third kappa shape index (κ3) is 4.91. The third-order valence-corrected chi connectivity index (χ3v) is 4.00. The second kappa shape index (κ2) is 9.26. The van der Waals surface area contributed by atoms with Gasteiger partial charge in [0.05, 0.1) is 22.4 Å². The Balaban J connectivity index is 2.56. The Morgan fingerprint density at radius 3 is 2.36 bits per heavy atom. The molecule has 0 heterocycles. The fourth-order valence-electron chi connectivity index (χ4n) is 2.72. The summed E-state index contributed by atoms with van der Waals surface area (Å²) in [5.74, 6) is -2.58. The SMILES string of the molecule is CCO/C(O)=C(\C(CC(=O)c1ccccc1)c1cccc([N+](=O)[O-])c1)[N+](=O)[O-]. The van der Waals surface area contributed by atoms with E-state index in [0.29, 0.717) is 5.56 Å². The maximum atomic E-state index is 12.7. The molecule has 0 saturated heterocycles. The zero-order valence-corrected chi connectivity index (χ0v) is 15.0. The summed E-state index contributed by atoms with van der Waals surface area (Å²) in [5, 5.41) is 32.8. The highest BCUT2D eigenvalue weighted by molar-refractivity contribution is 5.96. The zero-order chi connectivity index (χ0) is 20.7. The van der Waals surface area contributed by atoms with Crippen molar-refractivity contribution in [3.8, 4) is 0 Å². The van der Waals surface area contributed by atoms with Gasteiger partial charge in [-0.15, -0.1) is 0 Å². The predicted molar refractivity (Wildman–Crippen MR) is 99.5 cm³/mol. The Bertz CT molecular complexity index is 910. The number of aliphatic hydroxyl groups excluding tert-OH is 1. The summed E-state index contributed by atoms with van der Waals surface area (Å²) >= 11 is 0. The third-order valence-electron chi connectivity index (χ3n) is 4.00. The van der Waals surface area contributed by atoms with Crippen LogP contribution in [0.3, 0.4) is 0 Å². The van der Waals surface area contributed by atoms with Crippen molar-refractivity contribution in [2.75, 3.05) is 6.61 Å². The van der Waals surface area contributed by atoms with Crippen LogP contribution in [0, 0.1) is 20.2 Å². The molecule has 0 aliphatic rings. The largest absolute Gasteiger partial charge is 0.476 e. The summed E-state index contributed by atoms with van der Waals surface area (Å²) < 4.78 is 4.88. The molecule has 146 valence electrons. The molecule has 1 unspecified atom stereocenters. The van der Waals surface area contributed by atoms with Crippen molar-refractivity contribution in [2.45, 2.75) is 19.3 Å². The maximum absolute atomic E-state index is 12.7. The van der Waals surface area contributed by atoms with Crippen LogP contribution in [-0.2, 0) is 4.74 Å². The molecule has 0 bridgehead atoms. The number of allylic oxidation sites excluding steroid dienone is 1. The lowest BCUT2D eigenvalue weighted by Gasteiger charge is -2.15. The number of nitro groups is 2. The first-order valence-electron chi connectivity index (χ1n) is 8.38. The lowest BCUT2D eigenvalue weighted by atomic mass is 9.88. The van der Waals surface area contributed by atoms with Gasteiger partial charge in [-0.1, -0.05) is 42.5 Å². The van der Waals surface area contributed by atoms with Crippen molar-refractivity contribution >= 4 is 11.5 Å². The molecule has 2 aromatic rings. The first kappa shape index (κ1) is 20.6. The van der Waals surface area contributed by atoms with E-state index in [4.69, 9.17) is 4.74 Å². The summed E-state index contributed by atoms with van der Waals surface area (Å²) in [6.45, 7) is 1.50. The molecule has 0 aliphatic carbocycles. The number of carbonyl (C=O) groups excluding carboxylic acids is 1. The first-order valence-corrected chi connectivity index (χ1v) is 8.38. The molecule has 2 aromatic carbocycles. The van der Waals surface area contributed by atoms with Crippen LogP contribution < -0.4 is 0 Å². The monoisotopic (exact) mass is 386 g/mol. The summed E-state index contributed by atoms with van der Waals surface area (Å²) in [6, 6.07) is 13.3. The standard InChI is InChI=1S/C19H18N2O7/c1-2-28-19(23)18(21(26)27)16(12-17(22)13-7-4-3-5-8-13)14-9-6-10-15(11-14)20(24)25/h3-11,16,23H,2,12H2,1H3/b19-18+. The number of hydrogen-bond acceptors (Lipinski definition) is 7. The van der Waals surface area contributed by atoms with Crippen molar-refractivity contribution in [1.82, 2.24) is 0 Å². The number of nitro benzene ring substituents is 1. The second-order valence-electron chi connectivity index (χ2n) is 5.78. The minimum Gasteiger partial charge on any atom is -0.476 e. The van der Waals surface area contributed by atoms with Gasteiger partial charge >= 0.3 is 11.6 Å². The number of rotatable bonds is 9. The average Bonchev–Trinajstić information content (AvgIpc) is 2.68. The topological polar surface area (TPSA) is 133 Å². The first-order chi connectivity index (χ1) is 13.3. The van der Waals surface area contributed by atoms with Crippen molar-refractivity contribution in [2.24, 2.45) is 0 Å². The number of benzene rings is 2. The fraction of sp³-hybridized carbons (Fsp3) is 0.211. The molecule has 9 heteroatoms. The molecular formula is C19H18N2O7. The van der Waals surface area contributed by atoms with E-state index in [1.165, 1.54) is 25.1 Å². The van der Waals surface area contributed by atoms with Crippen LogP contribution in [0.5, 0.6) is 0 Å². The van der Waals surface area contributed by atoms with Gasteiger partial charge in [0.2, 0.25) is 0 Å². The Hall–Kier alpha value is -3.75. The lowest BCUT2D eigenvalue weighted by molar-refractivity contribution is -0.436. The normalized spacial score (nSPS) is 12.6. The zero-order valence-electron chi connectivity index (χ0n) is 15.0. The molecule has 9 nitrogen and oxygen atoms in total. The Morgan fingerprint density at radius 2 is 1.79 bits per heavy atom. The number of aliphatic hydroxyl groups is 1. The van der Waals surface area contributed by atoms with Gasteiger partial charge in [0, 0.05) is 24.1 Å². The minimum absolute atomic E-state index is 0.0303. The van der Waals surface area contributed by atoms with E-state index in [0.717, 1.165) is 6.07 Å². The van der Waals surface area contributed by atoms with Gasteiger partial charge in [0.15, 0.2) is 5.78 Å². The molecule has 1 atom stereocenters. The van der Waals surface area contributed by atoms with Crippen LogP contribution in [0.2, 0.25) is 0 Å². The molecular weight excluding hydrogens is 368 g/mol. The minimum atomic E-state index is -1.24. The highest BCUT2D eigenvalue weighted by Gasteiger charge is 2.35. The number of Topliss-reactive ketones (excluding diaryl/α,β-unsaturated/α-hetero) is 1. The summed E-state index contributed by atoms with van der Waals surface area (Å²) in [4.78, 5) is 33.9. The molecule has 2 rings (SSSR count). The number of hydrogen-bond donors (Lipinski definition) is 1. The number of ketones is 1. The molecule has 0 aromatic heterocycles. The van der Waals surface area contributed by atoms with Crippen LogP contribution in [0.15, 0.2) is 66.2 Å². The Labute approximate surface area is 160 Å². The second-order valence-corrected chi connectivity index (χ2v) is 5.78. The molecule has 0 fully saturated rings. The van der Waals surface area contributed by atoms with Crippen molar-refractivity contribution in [3.63, 3.8) is 0 Å². The van der Waals surface area contributed by atoms with Gasteiger partial charge in [0.25, 0.3) is 5.69 Å². The van der Waals surface area contributed by atoms with Crippen molar-refractivity contribution in [3.05, 3.63) is 97.6 Å². The lowest BCUT2D eigenvalue weighted by Crippen LogP contribution is -2.18. The highest BCUT2D eigenvalue weighted by atomic mass is 16.6. The average molecular weight is 386 g/mol. The summed E-state index contributed by atoms with van der Waals surface area (Å²) in [7, 11) is 0. The van der Waals surface area contributed by atoms with Crippen LogP contribution in [-0.4, -0.2) is 27.3 Å². The van der Waals surface area contributed by atoms with E-state index in [2.05, 4.69) is 0 Å². The van der Waals surface area contributed by atoms with Crippen molar-refractivity contribution in [1.29, 1.82) is 0 Å². The van der Waals surface area contributed by atoms with Gasteiger partial charge in [-0.2, -0.15) is 0 Å². The van der Waals surface area contributed by atoms with Crippen LogP contribution in [0.25, 0.3) is 0 Å². The number of nitrogens with zero attached hydrogens (tertiary/aromatic N) is 2. The van der Waals surface area contributed by atoms with Crippen LogP contribution in [0.1, 0.15) is 35.2 Å². The number of non-ortho nitro benzene ring substituents is 1. The van der Waals surface area contributed by atoms with Crippen LogP contribution in [0.4, 0.5) is 5.69 Å². The van der Waals surface area contributed by atoms with E-state index in [1.807, 2.05) is 0 Å². The Kier molecular flexibility index (Phi) is 6.80. The highest BCUT2D eigenvalue weighted by Crippen LogP contribution is 2.33. The van der Waals surface area contributed by atoms with E-state index >= 15 is 0 Å². The van der Waals surface area contributed by atoms with Crippen LogP contribution >= 0.6 is 0 Å². The molecule has 0 radical (unpaired) electrons. The molecule has 28 heavy (non-hydrogen) atoms. The molecule has 1 N–H and O–H groups in total. The molecule has 0 saturated carbocycles. The molecule has 0 spiro atoms. The van der Waals surface area contributed by atoms with Gasteiger partial charge < -0.3 is 9.84 Å². The van der Waals surface area contributed by atoms with E-state index < -0.39 is 33.2 Å². The number of carbonyl (C=O) groups is 1. The van der Waals surface area contributed by atoms with E-state index in [9.17, 15) is 30.1 Å². The maximum Gasteiger partial charge on any atom is 0.354 e. The predicted octanol–water partition coefficient (Wildman–Crippen LogP) is 3.99. The van der Waals surface area contributed by atoms with Gasteiger partial charge in [-0.25, -0.2) is 0 Å². The summed E-state index contributed by atoms with van der Waals surface area (Å²) in [5.41, 5.74) is -0.534. The molecule has 0 amide bonds. The number of ether oxygens (including phenoxy) is 1. The van der Waals surface area contributed by atoms with Crippen molar-refractivity contribution < 1.29 is 24.5 Å². The fourth-order valence-corrected chi connectivity index (χ4v) is 2.72. The molecule has 0 aliphatic heterocycles. The van der Waals surface area contributed by atoms with Gasteiger partial charge in [-0.05, 0) is 12.5 Å². The summed E-state index contributed by atoms with van der Waals surface area (Å²) in [6.07, 6.45) is -0.376. The quantitative estimate of drug-likeness (QED) is 0.298. The van der Waals surface area contributed by atoms with Gasteiger partial charge in [0.1, 0.15) is 0 Å². The van der Waals surface area contributed by atoms with E-state index in [-0.39, 0.29) is 24.3 Å². The van der Waals surface area contributed by atoms with Gasteiger partial charge in [-0.3, -0.25) is 25.0 Å². The Morgan fingerprint density at radius 1 is 1.11 bits per heavy atom. The smallest absolute Gasteiger partial charge is 0.354 e. The van der Waals surface area contributed by atoms with E-state index in [1.54, 1.807) is 30.3 Å².